The fourth-order valence-corrected chi connectivity index (χ4v) is 1.47. The molecule has 0 fully saturated rings. The van der Waals surface area contributed by atoms with Crippen LogP contribution in [0.15, 0.2) is 16.5 Å². The number of aliphatic hydroxyl groups excluding tert-OH is 1. The van der Waals surface area contributed by atoms with E-state index in [1.165, 1.54) is 0 Å². The van der Waals surface area contributed by atoms with Crippen molar-refractivity contribution >= 4 is 6.03 Å². The predicted molar refractivity (Wildman–Crippen MR) is 66.3 cm³/mol. The van der Waals surface area contributed by atoms with Crippen molar-refractivity contribution in [3.8, 4) is 0 Å². The smallest absolute Gasteiger partial charge is 0.315 e. The number of methoxy groups -OCH3 is 1. The van der Waals surface area contributed by atoms with Gasteiger partial charge in [0.25, 0.3) is 0 Å². The van der Waals surface area contributed by atoms with Crippen LogP contribution in [0.25, 0.3) is 0 Å². The Morgan fingerprint density at radius 2 is 2.22 bits per heavy atom. The largest absolute Gasteiger partial charge is 0.464 e. The highest BCUT2D eigenvalue weighted by Crippen LogP contribution is 2.16. The van der Waals surface area contributed by atoms with E-state index >= 15 is 0 Å². The van der Waals surface area contributed by atoms with Gasteiger partial charge in [-0.05, 0) is 26.0 Å². The van der Waals surface area contributed by atoms with Gasteiger partial charge in [-0.1, -0.05) is 0 Å². The summed E-state index contributed by atoms with van der Waals surface area (Å²) in [6.07, 6.45) is 0. The molecule has 6 heteroatoms. The minimum atomic E-state index is -0.368. The zero-order chi connectivity index (χ0) is 13.5. The number of hydrogen-bond acceptors (Lipinski definition) is 4. The van der Waals surface area contributed by atoms with Crippen LogP contribution in [0.2, 0.25) is 0 Å². The molecule has 102 valence electrons. The molecule has 1 aromatic rings. The molecule has 0 spiro atoms. The molecule has 1 heterocycles. The first kappa shape index (κ1) is 14.5. The number of rotatable bonds is 6. The van der Waals surface area contributed by atoms with Gasteiger partial charge in [0.2, 0.25) is 0 Å². The van der Waals surface area contributed by atoms with Gasteiger partial charge in [0.05, 0.1) is 19.3 Å². The number of ether oxygens (including phenoxy) is 1. The lowest BCUT2D eigenvalue weighted by Crippen LogP contribution is -2.44. The van der Waals surface area contributed by atoms with Gasteiger partial charge in [0.15, 0.2) is 0 Å². The summed E-state index contributed by atoms with van der Waals surface area (Å²) in [5.74, 6) is 1.41. The van der Waals surface area contributed by atoms with Crippen molar-refractivity contribution in [3.05, 3.63) is 23.7 Å². The molecule has 3 N–H and O–H groups in total. The van der Waals surface area contributed by atoms with E-state index in [0.29, 0.717) is 12.4 Å². The molecule has 0 aliphatic heterocycles. The average Bonchev–Trinajstić information content (AvgIpc) is 2.75. The van der Waals surface area contributed by atoms with Crippen LogP contribution in [0.1, 0.15) is 24.5 Å². The van der Waals surface area contributed by atoms with Crippen LogP contribution in [0.5, 0.6) is 0 Å². The van der Waals surface area contributed by atoms with Gasteiger partial charge in [-0.15, -0.1) is 0 Å². The molecule has 0 aliphatic carbocycles. The van der Waals surface area contributed by atoms with Gasteiger partial charge in [-0.2, -0.15) is 0 Å². The fraction of sp³-hybridized carbons (Fsp3) is 0.583. The van der Waals surface area contributed by atoms with E-state index in [4.69, 9.17) is 14.3 Å². The maximum atomic E-state index is 11.6. The van der Waals surface area contributed by atoms with Crippen LogP contribution in [0.4, 0.5) is 4.79 Å². The van der Waals surface area contributed by atoms with E-state index in [1.54, 1.807) is 20.1 Å². The number of aliphatic hydroxyl groups is 1. The van der Waals surface area contributed by atoms with Gasteiger partial charge in [-0.25, -0.2) is 4.79 Å². The van der Waals surface area contributed by atoms with Crippen LogP contribution in [-0.4, -0.2) is 37.5 Å². The van der Waals surface area contributed by atoms with E-state index in [2.05, 4.69) is 10.6 Å². The number of carbonyl (C=O) groups is 1. The molecule has 18 heavy (non-hydrogen) atoms. The Hall–Kier alpha value is -1.53. The number of furan rings is 1. The van der Waals surface area contributed by atoms with Gasteiger partial charge >= 0.3 is 6.03 Å². The Labute approximate surface area is 106 Å². The molecule has 0 radical (unpaired) electrons. The lowest BCUT2D eigenvalue weighted by Gasteiger charge is -2.18. The first-order chi connectivity index (χ1) is 8.56. The monoisotopic (exact) mass is 256 g/mol. The molecular weight excluding hydrogens is 236 g/mol. The number of hydrogen-bond donors (Lipinski definition) is 3. The molecule has 0 bridgehead atoms. The SMILES string of the molecule is COCC(NC(=O)NC(C)CO)c1ccc(C)o1. The molecule has 6 nitrogen and oxygen atoms in total. The first-order valence-corrected chi connectivity index (χ1v) is 5.80. The Kier molecular flexibility index (Phi) is 5.67. The third-order valence-corrected chi connectivity index (χ3v) is 2.39. The van der Waals surface area contributed by atoms with Crippen molar-refractivity contribution < 1.29 is 19.1 Å². The van der Waals surface area contributed by atoms with Crippen LogP contribution in [0.3, 0.4) is 0 Å². The maximum Gasteiger partial charge on any atom is 0.315 e. The minimum absolute atomic E-state index is 0.109. The summed E-state index contributed by atoms with van der Waals surface area (Å²) < 4.78 is 10.5. The second-order valence-electron chi connectivity index (χ2n) is 4.16. The van der Waals surface area contributed by atoms with Gasteiger partial charge in [-0.3, -0.25) is 0 Å². The Bertz CT molecular complexity index is 378. The van der Waals surface area contributed by atoms with E-state index in [1.807, 2.05) is 13.0 Å². The molecule has 0 aliphatic rings. The summed E-state index contributed by atoms with van der Waals surface area (Å²) in [6, 6.07) is 2.61. The lowest BCUT2D eigenvalue weighted by atomic mass is 10.2. The summed E-state index contributed by atoms with van der Waals surface area (Å²) in [5.41, 5.74) is 0. The zero-order valence-electron chi connectivity index (χ0n) is 10.9. The van der Waals surface area contributed by atoms with Crippen molar-refractivity contribution in [2.75, 3.05) is 20.3 Å². The molecule has 2 unspecified atom stereocenters. The summed E-state index contributed by atoms with van der Waals surface area (Å²) in [7, 11) is 1.55. The topological polar surface area (TPSA) is 83.7 Å². The summed E-state index contributed by atoms with van der Waals surface area (Å²) >= 11 is 0. The van der Waals surface area contributed by atoms with Crippen molar-refractivity contribution in [3.63, 3.8) is 0 Å². The third-order valence-electron chi connectivity index (χ3n) is 2.39. The number of carbonyl (C=O) groups excluding carboxylic acids is 1. The Morgan fingerprint density at radius 3 is 2.72 bits per heavy atom. The maximum absolute atomic E-state index is 11.6. The summed E-state index contributed by atoms with van der Waals surface area (Å²) in [6.45, 7) is 3.75. The number of urea groups is 1. The van der Waals surface area contributed by atoms with E-state index in [0.717, 1.165) is 5.76 Å². The number of nitrogens with one attached hydrogen (secondary N) is 2. The highest BCUT2D eigenvalue weighted by molar-refractivity contribution is 5.74. The van der Waals surface area contributed by atoms with Gasteiger partial charge in [0.1, 0.15) is 17.6 Å². The van der Waals surface area contributed by atoms with Crippen LogP contribution < -0.4 is 10.6 Å². The van der Waals surface area contributed by atoms with Crippen molar-refractivity contribution in [2.24, 2.45) is 0 Å². The molecule has 2 amide bonds. The first-order valence-electron chi connectivity index (χ1n) is 5.80. The Morgan fingerprint density at radius 1 is 1.50 bits per heavy atom. The minimum Gasteiger partial charge on any atom is -0.464 e. The van der Waals surface area contributed by atoms with Crippen LogP contribution >= 0.6 is 0 Å². The highest BCUT2D eigenvalue weighted by atomic mass is 16.5. The van der Waals surface area contributed by atoms with E-state index in [-0.39, 0.29) is 24.7 Å². The molecule has 1 rings (SSSR count). The van der Waals surface area contributed by atoms with Crippen molar-refractivity contribution in [1.82, 2.24) is 10.6 Å². The van der Waals surface area contributed by atoms with Crippen LogP contribution in [-0.2, 0) is 4.74 Å². The van der Waals surface area contributed by atoms with Crippen molar-refractivity contribution in [2.45, 2.75) is 25.9 Å². The molecule has 0 saturated heterocycles. The third kappa shape index (κ3) is 4.38. The quantitative estimate of drug-likeness (QED) is 0.707. The van der Waals surface area contributed by atoms with Crippen LogP contribution in [0, 0.1) is 6.92 Å². The summed E-state index contributed by atoms with van der Waals surface area (Å²) in [5, 5.41) is 14.2. The fourth-order valence-electron chi connectivity index (χ4n) is 1.47. The highest BCUT2D eigenvalue weighted by Gasteiger charge is 2.18. The molecule has 1 aromatic heterocycles. The van der Waals surface area contributed by atoms with E-state index < -0.39 is 0 Å². The second-order valence-corrected chi connectivity index (χ2v) is 4.16. The second kappa shape index (κ2) is 7.03. The predicted octanol–water partition coefficient (Wildman–Crippen LogP) is 0.956. The zero-order valence-corrected chi connectivity index (χ0v) is 10.9. The van der Waals surface area contributed by atoms with E-state index in [9.17, 15) is 4.79 Å². The molecule has 2 atom stereocenters. The molecule has 0 aromatic carbocycles. The van der Waals surface area contributed by atoms with Gasteiger partial charge in [0, 0.05) is 7.11 Å². The number of amides is 2. The van der Waals surface area contributed by atoms with Crippen molar-refractivity contribution in [1.29, 1.82) is 0 Å². The average molecular weight is 256 g/mol. The standard InChI is InChI=1S/C12H20N2O4/c1-8(6-15)13-12(16)14-10(7-17-3)11-5-4-9(2)18-11/h4-5,8,10,15H,6-7H2,1-3H3,(H2,13,14,16). The normalized spacial score (nSPS) is 14.0. The number of aryl methyl sites for hydroxylation is 1. The Balaban J connectivity index is 2.60. The lowest BCUT2D eigenvalue weighted by molar-refractivity contribution is 0.155. The molecular formula is C12H20N2O4. The van der Waals surface area contributed by atoms with Gasteiger partial charge < -0.3 is 24.9 Å². The molecule has 0 saturated carbocycles. The summed E-state index contributed by atoms with van der Waals surface area (Å²) in [4.78, 5) is 11.6.